The number of aliphatic carboxylic acids is 1. The molecule has 3 N–H and O–H groups in total. The largest absolute Gasteiger partial charge is 0.481 e. The van der Waals surface area contributed by atoms with E-state index in [4.69, 9.17) is 16.7 Å². The van der Waals surface area contributed by atoms with Gasteiger partial charge in [0.1, 0.15) is 0 Å². The first-order valence-corrected chi connectivity index (χ1v) is 6.95. The fraction of sp³-hybridized carbons (Fsp3) is 0.500. The topological polar surface area (TPSA) is 78.4 Å². The molecule has 1 unspecified atom stereocenters. The monoisotopic (exact) mass is 304 g/mol. The number of carbonyl (C=O) groups excluding carboxylic acids is 1. The van der Waals surface area contributed by atoms with Gasteiger partial charge in [0.05, 0.1) is 16.8 Å². The van der Waals surface area contributed by atoms with E-state index in [0.717, 1.165) is 4.88 Å². The summed E-state index contributed by atoms with van der Waals surface area (Å²) < 4.78 is 0.662. The van der Waals surface area contributed by atoms with Crippen LogP contribution in [-0.2, 0) is 4.79 Å². The number of carboxylic acids is 1. The lowest BCUT2D eigenvalue weighted by Gasteiger charge is -2.25. The number of carboxylic acid groups (broad SMARTS) is 1. The maximum atomic E-state index is 11.8. The van der Waals surface area contributed by atoms with E-state index in [9.17, 15) is 9.59 Å². The fourth-order valence-electron chi connectivity index (χ4n) is 1.59. The van der Waals surface area contributed by atoms with E-state index in [0.29, 0.717) is 4.34 Å². The van der Waals surface area contributed by atoms with Crippen molar-refractivity contribution in [2.45, 2.75) is 38.8 Å². The molecule has 19 heavy (non-hydrogen) atoms. The van der Waals surface area contributed by atoms with Crippen LogP contribution in [0.1, 0.15) is 38.1 Å². The van der Waals surface area contributed by atoms with Gasteiger partial charge in [-0.2, -0.15) is 0 Å². The molecule has 0 bridgehead atoms. The van der Waals surface area contributed by atoms with Gasteiger partial charge in [-0.25, -0.2) is 4.79 Å². The van der Waals surface area contributed by atoms with Crippen molar-refractivity contribution in [3.63, 3.8) is 0 Å². The van der Waals surface area contributed by atoms with Crippen molar-refractivity contribution >= 4 is 34.9 Å². The fourth-order valence-corrected chi connectivity index (χ4v) is 2.66. The molecule has 0 aliphatic heterocycles. The van der Waals surface area contributed by atoms with Crippen molar-refractivity contribution in [2.24, 2.45) is 0 Å². The van der Waals surface area contributed by atoms with Crippen molar-refractivity contribution in [2.75, 3.05) is 0 Å². The Morgan fingerprint density at radius 3 is 2.58 bits per heavy atom. The van der Waals surface area contributed by atoms with Gasteiger partial charge in [-0.05, 0) is 32.9 Å². The zero-order chi connectivity index (χ0) is 14.6. The standard InChI is InChI=1S/C12H17ClN2O3S/c1-7(8-4-5-9(13)19-8)14-11(18)15-12(2,3)6-10(16)17/h4-5,7H,6H2,1-3H3,(H,16,17)(H2,14,15,18). The Labute approximate surface area is 121 Å². The summed E-state index contributed by atoms with van der Waals surface area (Å²) >= 11 is 7.22. The molecule has 0 radical (unpaired) electrons. The summed E-state index contributed by atoms with van der Waals surface area (Å²) in [6.45, 7) is 5.16. The number of nitrogens with one attached hydrogen (secondary N) is 2. The minimum Gasteiger partial charge on any atom is -0.481 e. The summed E-state index contributed by atoms with van der Waals surface area (Å²) in [6, 6.07) is 3.04. The lowest BCUT2D eigenvalue weighted by molar-refractivity contribution is -0.138. The molecule has 0 fully saturated rings. The van der Waals surface area contributed by atoms with Crippen LogP contribution in [0.5, 0.6) is 0 Å². The maximum absolute atomic E-state index is 11.8. The van der Waals surface area contributed by atoms with Crippen LogP contribution < -0.4 is 10.6 Å². The Morgan fingerprint density at radius 2 is 2.11 bits per heavy atom. The molecule has 7 heteroatoms. The Bertz CT molecular complexity index is 473. The summed E-state index contributed by atoms with van der Waals surface area (Å²) in [5.74, 6) is -0.955. The molecule has 0 aliphatic carbocycles. The number of halogens is 1. The number of carbonyl (C=O) groups is 2. The quantitative estimate of drug-likeness (QED) is 0.782. The number of urea groups is 1. The number of hydrogen-bond donors (Lipinski definition) is 3. The van der Waals surface area contributed by atoms with E-state index in [1.54, 1.807) is 19.9 Å². The molecule has 5 nitrogen and oxygen atoms in total. The summed E-state index contributed by atoms with van der Waals surface area (Å²) in [5, 5.41) is 14.1. The molecule has 1 aromatic rings. The van der Waals surface area contributed by atoms with Gasteiger partial charge in [0.2, 0.25) is 0 Å². The van der Waals surface area contributed by atoms with Crippen LogP contribution in [0.4, 0.5) is 4.79 Å². The van der Waals surface area contributed by atoms with Crippen LogP contribution in [0.3, 0.4) is 0 Å². The lowest BCUT2D eigenvalue weighted by atomic mass is 10.0. The number of rotatable bonds is 5. The third kappa shape index (κ3) is 5.48. The van der Waals surface area contributed by atoms with Gasteiger partial charge in [0, 0.05) is 10.4 Å². The predicted molar refractivity (Wildman–Crippen MR) is 75.7 cm³/mol. The van der Waals surface area contributed by atoms with Crippen LogP contribution in [0.2, 0.25) is 4.34 Å². The van der Waals surface area contributed by atoms with Crippen molar-refractivity contribution in [3.8, 4) is 0 Å². The molecule has 1 heterocycles. The minimum atomic E-state index is -0.955. The first-order valence-electron chi connectivity index (χ1n) is 5.75. The Kier molecular flexibility index (Phi) is 5.20. The maximum Gasteiger partial charge on any atom is 0.315 e. The molecule has 1 rings (SSSR count). The molecule has 0 aliphatic rings. The van der Waals surface area contributed by atoms with Gasteiger partial charge in [-0.15, -0.1) is 11.3 Å². The SMILES string of the molecule is CC(NC(=O)NC(C)(C)CC(=O)O)c1ccc(Cl)s1. The summed E-state index contributed by atoms with van der Waals surface area (Å²) in [7, 11) is 0. The Morgan fingerprint density at radius 1 is 1.47 bits per heavy atom. The average Bonchev–Trinajstić information content (AvgIpc) is 2.61. The molecule has 1 atom stereocenters. The first-order chi connectivity index (χ1) is 8.69. The van der Waals surface area contributed by atoms with Crippen molar-refractivity contribution in [1.82, 2.24) is 10.6 Å². The van der Waals surface area contributed by atoms with E-state index in [-0.39, 0.29) is 12.5 Å². The van der Waals surface area contributed by atoms with Gasteiger partial charge >= 0.3 is 12.0 Å². The highest BCUT2D eigenvalue weighted by Crippen LogP contribution is 2.26. The van der Waals surface area contributed by atoms with E-state index in [1.165, 1.54) is 11.3 Å². The molecular formula is C12H17ClN2O3S. The number of amides is 2. The molecule has 2 amide bonds. The van der Waals surface area contributed by atoms with Crippen LogP contribution in [0.15, 0.2) is 12.1 Å². The van der Waals surface area contributed by atoms with Gasteiger partial charge in [-0.1, -0.05) is 11.6 Å². The molecule has 106 valence electrons. The number of thiophene rings is 1. The second-order valence-electron chi connectivity index (χ2n) is 4.92. The van der Waals surface area contributed by atoms with E-state index in [1.807, 2.05) is 13.0 Å². The summed E-state index contributed by atoms with van der Waals surface area (Å²) in [4.78, 5) is 23.4. The lowest BCUT2D eigenvalue weighted by Crippen LogP contribution is -2.49. The highest BCUT2D eigenvalue weighted by molar-refractivity contribution is 7.16. The normalized spacial score (nSPS) is 12.8. The second-order valence-corrected chi connectivity index (χ2v) is 6.66. The average molecular weight is 305 g/mol. The summed E-state index contributed by atoms with van der Waals surface area (Å²) in [6.07, 6.45) is -0.139. The third-order valence-corrected chi connectivity index (χ3v) is 3.83. The highest BCUT2D eigenvalue weighted by atomic mass is 35.5. The van der Waals surface area contributed by atoms with Crippen molar-refractivity contribution in [1.29, 1.82) is 0 Å². The van der Waals surface area contributed by atoms with Gasteiger partial charge in [0.15, 0.2) is 0 Å². The molecule has 0 aromatic carbocycles. The van der Waals surface area contributed by atoms with Crippen molar-refractivity contribution < 1.29 is 14.7 Å². The zero-order valence-electron chi connectivity index (χ0n) is 11.0. The van der Waals surface area contributed by atoms with Crippen LogP contribution in [0, 0.1) is 0 Å². The third-order valence-electron chi connectivity index (χ3n) is 2.41. The molecule has 0 saturated carbocycles. The summed E-state index contributed by atoms with van der Waals surface area (Å²) in [5.41, 5.74) is -0.803. The van der Waals surface area contributed by atoms with E-state index < -0.39 is 17.5 Å². The van der Waals surface area contributed by atoms with Crippen LogP contribution in [-0.4, -0.2) is 22.6 Å². The van der Waals surface area contributed by atoms with Crippen molar-refractivity contribution in [3.05, 3.63) is 21.3 Å². The van der Waals surface area contributed by atoms with E-state index in [2.05, 4.69) is 10.6 Å². The zero-order valence-corrected chi connectivity index (χ0v) is 12.6. The molecule has 0 spiro atoms. The Balaban J connectivity index is 2.53. The number of hydrogen-bond acceptors (Lipinski definition) is 3. The molecule has 0 saturated heterocycles. The smallest absolute Gasteiger partial charge is 0.315 e. The van der Waals surface area contributed by atoms with Gasteiger partial charge in [-0.3, -0.25) is 4.79 Å². The first kappa shape index (κ1) is 15.8. The highest BCUT2D eigenvalue weighted by Gasteiger charge is 2.24. The van der Waals surface area contributed by atoms with E-state index >= 15 is 0 Å². The molecule has 1 aromatic heterocycles. The second kappa shape index (κ2) is 6.25. The Hall–Kier alpha value is -1.27. The van der Waals surface area contributed by atoms with Gasteiger partial charge in [0.25, 0.3) is 0 Å². The van der Waals surface area contributed by atoms with Gasteiger partial charge < -0.3 is 15.7 Å². The van der Waals surface area contributed by atoms with Crippen LogP contribution >= 0.6 is 22.9 Å². The van der Waals surface area contributed by atoms with Crippen LogP contribution in [0.25, 0.3) is 0 Å². The predicted octanol–water partition coefficient (Wildman–Crippen LogP) is 3.02. The minimum absolute atomic E-state index is 0.139. The molecular weight excluding hydrogens is 288 g/mol.